The van der Waals surface area contributed by atoms with Gasteiger partial charge in [0.2, 0.25) is 5.91 Å². The second-order valence-electron chi connectivity index (χ2n) is 7.04. The summed E-state index contributed by atoms with van der Waals surface area (Å²) in [6, 6.07) is 12.2. The second kappa shape index (κ2) is 7.91. The van der Waals surface area contributed by atoms with Gasteiger partial charge in [0.1, 0.15) is 0 Å². The fraction of sp³-hybridized carbons (Fsp3) is 0.300. The monoisotopic (exact) mass is 438 g/mol. The highest BCUT2D eigenvalue weighted by molar-refractivity contribution is 6.38. The predicted molar refractivity (Wildman–Crippen MR) is 112 cm³/mol. The summed E-state index contributed by atoms with van der Waals surface area (Å²) < 4.78 is 0. The molecule has 0 spiro atoms. The van der Waals surface area contributed by atoms with Crippen molar-refractivity contribution in [1.82, 2.24) is 0 Å². The van der Waals surface area contributed by atoms with Crippen molar-refractivity contribution in [1.29, 1.82) is 0 Å². The van der Waals surface area contributed by atoms with Gasteiger partial charge >= 0.3 is 0 Å². The second-order valence-corrected chi connectivity index (χ2v) is 8.33. The SMILES string of the molecule is O=C1C[C@@H]([NH+]2CCN(c3cccc(Cl)c3)CC2)C(=O)N1c1ccc(Cl)cc1Cl. The molecule has 146 valence electrons. The number of rotatable bonds is 3. The fourth-order valence-corrected chi connectivity index (χ4v) is 4.62. The van der Waals surface area contributed by atoms with Crippen molar-refractivity contribution in [3.8, 4) is 0 Å². The Labute approximate surface area is 178 Å². The molecule has 0 saturated carbocycles. The first-order valence-corrected chi connectivity index (χ1v) is 10.2. The standard InChI is InChI=1S/C20H18Cl3N3O2/c21-13-2-1-3-15(10-13)24-6-8-25(9-7-24)18-12-19(27)26(20(18)28)17-5-4-14(22)11-16(17)23/h1-5,10-11,18H,6-9,12H2/p+1/t18-/m1/s1. The van der Waals surface area contributed by atoms with E-state index >= 15 is 0 Å². The van der Waals surface area contributed by atoms with Gasteiger partial charge in [0.25, 0.3) is 5.91 Å². The van der Waals surface area contributed by atoms with Crippen molar-refractivity contribution >= 4 is 58.0 Å². The molecule has 2 aliphatic rings. The molecule has 1 atom stereocenters. The molecule has 2 aromatic carbocycles. The van der Waals surface area contributed by atoms with Crippen molar-refractivity contribution in [2.24, 2.45) is 0 Å². The molecule has 2 saturated heterocycles. The van der Waals surface area contributed by atoms with Crippen LogP contribution in [0, 0.1) is 0 Å². The molecule has 2 aliphatic heterocycles. The van der Waals surface area contributed by atoms with Gasteiger partial charge in [-0.05, 0) is 36.4 Å². The lowest BCUT2D eigenvalue weighted by Crippen LogP contribution is -3.19. The van der Waals surface area contributed by atoms with E-state index in [0.717, 1.165) is 36.8 Å². The van der Waals surface area contributed by atoms with E-state index in [4.69, 9.17) is 34.8 Å². The van der Waals surface area contributed by atoms with Gasteiger partial charge in [-0.25, -0.2) is 4.90 Å². The molecule has 5 nitrogen and oxygen atoms in total. The molecule has 0 bridgehead atoms. The number of halogens is 3. The van der Waals surface area contributed by atoms with Crippen LogP contribution in [0.4, 0.5) is 11.4 Å². The number of anilines is 2. The number of benzene rings is 2. The number of carbonyl (C=O) groups excluding carboxylic acids is 2. The number of hydrogen-bond acceptors (Lipinski definition) is 3. The summed E-state index contributed by atoms with van der Waals surface area (Å²) in [6.07, 6.45) is 0.199. The summed E-state index contributed by atoms with van der Waals surface area (Å²) in [5.74, 6) is -0.413. The summed E-state index contributed by atoms with van der Waals surface area (Å²) in [5.41, 5.74) is 1.48. The Kier molecular flexibility index (Phi) is 5.52. The number of nitrogens with zero attached hydrogens (tertiary/aromatic N) is 2. The molecule has 4 rings (SSSR count). The molecule has 2 fully saturated rings. The molecule has 2 aromatic rings. The number of amides is 2. The van der Waals surface area contributed by atoms with Gasteiger partial charge < -0.3 is 9.80 Å². The Hall–Kier alpha value is -1.79. The van der Waals surface area contributed by atoms with Gasteiger partial charge in [0.15, 0.2) is 6.04 Å². The lowest BCUT2D eigenvalue weighted by Gasteiger charge is -2.35. The Morgan fingerprint density at radius 1 is 0.929 bits per heavy atom. The van der Waals surface area contributed by atoms with Crippen LogP contribution in [0.3, 0.4) is 0 Å². The van der Waals surface area contributed by atoms with Crippen molar-refractivity contribution in [3.05, 3.63) is 57.5 Å². The van der Waals surface area contributed by atoms with Crippen LogP contribution < -0.4 is 14.7 Å². The maximum Gasteiger partial charge on any atom is 0.292 e. The van der Waals surface area contributed by atoms with Crippen molar-refractivity contribution < 1.29 is 14.5 Å². The molecule has 28 heavy (non-hydrogen) atoms. The maximum atomic E-state index is 13.0. The van der Waals surface area contributed by atoms with Crippen LogP contribution in [0.25, 0.3) is 0 Å². The molecular weight excluding hydrogens is 421 g/mol. The highest BCUT2D eigenvalue weighted by Gasteiger charge is 2.47. The first-order chi connectivity index (χ1) is 13.4. The third-order valence-electron chi connectivity index (χ3n) is 5.37. The zero-order valence-electron chi connectivity index (χ0n) is 15.0. The average molecular weight is 440 g/mol. The van der Waals surface area contributed by atoms with Crippen molar-refractivity contribution in [3.63, 3.8) is 0 Å². The van der Waals surface area contributed by atoms with Gasteiger partial charge in [-0.3, -0.25) is 9.59 Å². The smallest absolute Gasteiger partial charge is 0.292 e. The van der Waals surface area contributed by atoms with Gasteiger partial charge in [0.05, 0.1) is 43.3 Å². The molecule has 2 amide bonds. The van der Waals surface area contributed by atoms with E-state index in [0.29, 0.717) is 20.8 Å². The Bertz CT molecular complexity index is 929. The number of quaternary nitrogens is 1. The third kappa shape index (κ3) is 3.72. The summed E-state index contributed by atoms with van der Waals surface area (Å²) in [7, 11) is 0. The minimum atomic E-state index is -0.374. The van der Waals surface area contributed by atoms with Gasteiger partial charge in [-0.1, -0.05) is 40.9 Å². The topological polar surface area (TPSA) is 45.1 Å². The first kappa shape index (κ1) is 19.5. The summed E-state index contributed by atoms with van der Waals surface area (Å²) in [4.78, 5) is 30.2. The van der Waals surface area contributed by atoms with E-state index in [1.807, 2.05) is 24.3 Å². The molecule has 8 heteroatoms. The molecule has 0 aromatic heterocycles. The first-order valence-electron chi connectivity index (χ1n) is 9.11. The zero-order chi connectivity index (χ0) is 19.8. The highest BCUT2D eigenvalue weighted by Crippen LogP contribution is 2.32. The maximum absolute atomic E-state index is 13.0. The fourth-order valence-electron chi connectivity index (χ4n) is 3.94. The number of nitrogens with one attached hydrogen (secondary N) is 1. The van der Waals surface area contributed by atoms with Gasteiger partial charge in [-0.15, -0.1) is 0 Å². The van der Waals surface area contributed by atoms with Crippen LogP contribution in [0.1, 0.15) is 6.42 Å². The van der Waals surface area contributed by atoms with E-state index < -0.39 is 0 Å². The van der Waals surface area contributed by atoms with Crippen molar-refractivity contribution in [2.45, 2.75) is 12.5 Å². The van der Waals surface area contributed by atoms with Gasteiger partial charge in [-0.2, -0.15) is 0 Å². The molecule has 0 aliphatic carbocycles. The molecule has 0 radical (unpaired) electrons. The molecule has 0 unspecified atom stereocenters. The van der Waals surface area contributed by atoms with E-state index in [2.05, 4.69) is 4.90 Å². The summed E-state index contributed by atoms with van der Waals surface area (Å²) in [6.45, 7) is 3.15. The van der Waals surface area contributed by atoms with Crippen LogP contribution in [-0.2, 0) is 9.59 Å². The zero-order valence-corrected chi connectivity index (χ0v) is 17.3. The molecular formula is C20H19Cl3N3O2+. The number of imide groups is 1. The van der Waals surface area contributed by atoms with E-state index in [1.54, 1.807) is 18.2 Å². The minimum absolute atomic E-state index is 0.194. The van der Waals surface area contributed by atoms with Crippen LogP contribution in [-0.4, -0.2) is 44.0 Å². The average Bonchev–Trinajstić information content (AvgIpc) is 2.96. The lowest BCUT2D eigenvalue weighted by molar-refractivity contribution is -0.915. The van der Waals surface area contributed by atoms with Crippen LogP contribution in [0.2, 0.25) is 15.1 Å². The number of carbonyl (C=O) groups is 2. The van der Waals surface area contributed by atoms with Crippen LogP contribution >= 0.6 is 34.8 Å². The molecule has 1 N–H and O–H groups in total. The van der Waals surface area contributed by atoms with Crippen LogP contribution in [0.15, 0.2) is 42.5 Å². The summed E-state index contributed by atoms with van der Waals surface area (Å²) >= 11 is 18.2. The normalized spacial score (nSPS) is 20.9. The van der Waals surface area contributed by atoms with E-state index in [-0.39, 0.29) is 24.3 Å². The minimum Gasteiger partial charge on any atom is -0.360 e. The van der Waals surface area contributed by atoms with Crippen molar-refractivity contribution in [2.75, 3.05) is 36.0 Å². The Morgan fingerprint density at radius 2 is 1.64 bits per heavy atom. The van der Waals surface area contributed by atoms with E-state index in [1.165, 1.54) is 4.90 Å². The Morgan fingerprint density at radius 3 is 2.32 bits per heavy atom. The largest absolute Gasteiger partial charge is 0.360 e. The Balaban J connectivity index is 1.46. The number of piperazine rings is 1. The van der Waals surface area contributed by atoms with E-state index in [9.17, 15) is 9.59 Å². The third-order valence-corrected chi connectivity index (χ3v) is 6.14. The predicted octanol–water partition coefficient (Wildman–Crippen LogP) is 2.68. The van der Waals surface area contributed by atoms with Gasteiger partial charge in [0, 0.05) is 15.7 Å². The summed E-state index contributed by atoms with van der Waals surface area (Å²) in [5, 5.41) is 1.47. The number of hydrogen-bond donors (Lipinski definition) is 1. The quantitative estimate of drug-likeness (QED) is 0.748. The lowest BCUT2D eigenvalue weighted by atomic mass is 10.1. The highest BCUT2D eigenvalue weighted by atomic mass is 35.5. The van der Waals surface area contributed by atoms with Crippen LogP contribution in [0.5, 0.6) is 0 Å². The molecule has 2 heterocycles.